The van der Waals surface area contributed by atoms with Gasteiger partial charge in [-0.05, 0) is 24.3 Å². The predicted octanol–water partition coefficient (Wildman–Crippen LogP) is 3.12. The van der Waals surface area contributed by atoms with Gasteiger partial charge in [-0.15, -0.1) is 0 Å². The molecule has 0 amide bonds. The molecule has 0 spiro atoms. The fraction of sp³-hybridized carbons (Fsp3) is 0.111. The molecule has 0 aliphatic carbocycles. The van der Waals surface area contributed by atoms with Gasteiger partial charge in [0.2, 0.25) is 11.9 Å². The van der Waals surface area contributed by atoms with Crippen molar-refractivity contribution in [1.29, 1.82) is 0 Å². The van der Waals surface area contributed by atoms with Crippen molar-refractivity contribution in [3.63, 3.8) is 0 Å². The van der Waals surface area contributed by atoms with E-state index in [9.17, 15) is 14.9 Å². The van der Waals surface area contributed by atoms with Crippen LogP contribution < -0.4 is 15.8 Å². The number of hydrogen-bond acceptors (Lipinski definition) is 10. The van der Waals surface area contributed by atoms with Crippen molar-refractivity contribution >= 4 is 40.8 Å². The molecule has 0 fully saturated rings. The Balaban J connectivity index is 1.74. The summed E-state index contributed by atoms with van der Waals surface area (Å²) in [6, 6.07) is 10.7. The third-order valence-electron chi connectivity index (χ3n) is 3.76. The molecule has 154 valence electrons. The van der Waals surface area contributed by atoms with Crippen LogP contribution in [-0.2, 0) is 11.3 Å². The van der Waals surface area contributed by atoms with E-state index in [2.05, 4.69) is 20.3 Å². The number of esters is 1. The molecular weight excluding hydrogens is 416 g/mol. The number of halogens is 1. The normalized spacial score (nSPS) is 10.3. The molecule has 0 unspecified atom stereocenters. The third kappa shape index (κ3) is 4.89. The minimum atomic E-state index is -0.812. The number of carbonyl (C=O) groups is 1. The Hall–Kier alpha value is -3.99. The summed E-state index contributed by atoms with van der Waals surface area (Å²) in [5.41, 5.74) is 5.86. The summed E-state index contributed by atoms with van der Waals surface area (Å²) in [6.45, 7) is -0.331. The maximum atomic E-state index is 12.2. The number of hydrogen-bond donors (Lipinski definition) is 2. The van der Waals surface area contributed by atoms with Crippen LogP contribution in [0.3, 0.4) is 0 Å². The topological polar surface area (TPSA) is 155 Å². The second-order valence-electron chi connectivity index (χ2n) is 5.76. The van der Waals surface area contributed by atoms with Crippen LogP contribution in [0.15, 0.2) is 42.5 Å². The number of nitrogens with zero attached hydrogens (tertiary/aromatic N) is 4. The van der Waals surface area contributed by atoms with Crippen LogP contribution in [0, 0.1) is 10.1 Å². The molecule has 0 bridgehead atoms. The van der Waals surface area contributed by atoms with Gasteiger partial charge in [0.15, 0.2) is 12.4 Å². The molecule has 3 N–H and O–H groups in total. The summed E-state index contributed by atoms with van der Waals surface area (Å²) in [4.78, 5) is 34.6. The average Bonchev–Trinajstić information content (AvgIpc) is 2.72. The fourth-order valence-corrected chi connectivity index (χ4v) is 2.61. The first-order valence-corrected chi connectivity index (χ1v) is 8.76. The summed E-state index contributed by atoms with van der Waals surface area (Å²) in [5, 5.41) is 13.8. The van der Waals surface area contributed by atoms with Crippen LogP contribution in [-0.4, -0.2) is 33.0 Å². The lowest BCUT2D eigenvalue weighted by Gasteiger charge is -2.11. The number of methoxy groups -OCH3 is 1. The summed E-state index contributed by atoms with van der Waals surface area (Å²) >= 11 is 5.74. The molecule has 1 heterocycles. The van der Waals surface area contributed by atoms with Crippen molar-refractivity contribution in [3.05, 3.63) is 69.0 Å². The summed E-state index contributed by atoms with van der Waals surface area (Å²) < 4.78 is 10.4. The van der Waals surface area contributed by atoms with Crippen molar-refractivity contribution < 1.29 is 19.2 Å². The Kier molecular flexibility index (Phi) is 6.23. The number of nitro groups is 1. The van der Waals surface area contributed by atoms with Gasteiger partial charge in [0.25, 0.3) is 5.69 Å². The van der Waals surface area contributed by atoms with Crippen LogP contribution in [0.2, 0.25) is 5.02 Å². The van der Waals surface area contributed by atoms with Gasteiger partial charge in [0.1, 0.15) is 10.8 Å². The lowest BCUT2D eigenvalue weighted by molar-refractivity contribution is -0.384. The molecule has 0 aliphatic rings. The standard InChI is InChI=1S/C18H15ClN6O5/c1-29-14-5-3-2-4-12(14)21-18-23-15(22-17(20)24-18)9-30-16(26)10-6-7-11(19)13(8-10)25(27)28/h2-8H,9H2,1H3,(H3,20,21,22,23,24). The largest absolute Gasteiger partial charge is 0.495 e. The SMILES string of the molecule is COc1ccccc1Nc1nc(N)nc(COC(=O)c2ccc(Cl)c([N+](=O)[O-])c2)n1. The molecule has 0 atom stereocenters. The number of nitrogens with one attached hydrogen (secondary N) is 1. The quantitative estimate of drug-likeness (QED) is 0.324. The van der Waals surface area contributed by atoms with E-state index in [1.54, 1.807) is 24.3 Å². The van der Waals surface area contributed by atoms with Gasteiger partial charge >= 0.3 is 5.97 Å². The maximum absolute atomic E-state index is 12.2. The molecular formula is C18H15ClN6O5. The lowest BCUT2D eigenvalue weighted by atomic mass is 10.2. The highest BCUT2D eigenvalue weighted by molar-refractivity contribution is 6.32. The number of para-hydroxylation sites is 2. The zero-order valence-corrected chi connectivity index (χ0v) is 16.3. The number of aromatic nitrogens is 3. The lowest BCUT2D eigenvalue weighted by Crippen LogP contribution is -2.11. The minimum absolute atomic E-state index is 0.0412. The Morgan fingerprint density at radius 1 is 1.23 bits per heavy atom. The predicted molar refractivity (Wildman–Crippen MR) is 108 cm³/mol. The first-order chi connectivity index (χ1) is 14.4. The molecule has 0 saturated carbocycles. The third-order valence-corrected chi connectivity index (χ3v) is 4.08. The maximum Gasteiger partial charge on any atom is 0.338 e. The van der Waals surface area contributed by atoms with Gasteiger partial charge < -0.3 is 20.5 Å². The van der Waals surface area contributed by atoms with Crippen molar-refractivity contribution in [3.8, 4) is 5.75 Å². The zero-order valence-electron chi connectivity index (χ0n) is 15.5. The van der Waals surface area contributed by atoms with Crippen molar-refractivity contribution in [2.75, 3.05) is 18.2 Å². The Morgan fingerprint density at radius 3 is 2.73 bits per heavy atom. The number of benzene rings is 2. The van der Waals surface area contributed by atoms with E-state index in [4.69, 9.17) is 26.8 Å². The Bertz CT molecular complexity index is 1110. The smallest absolute Gasteiger partial charge is 0.338 e. The van der Waals surface area contributed by atoms with E-state index in [1.807, 2.05) is 0 Å². The van der Waals surface area contributed by atoms with Gasteiger partial charge in [-0.2, -0.15) is 15.0 Å². The first kappa shape index (κ1) is 20.7. The summed E-state index contributed by atoms with van der Waals surface area (Å²) in [6.07, 6.45) is 0. The van der Waals surface area contributed by atoms with Crippen LogP contribution >= 0.6 is 11.6 Å². The first-order valence-electron chi connectivity index (χ1n) is 8.39. The van der Waals surface area contributed by atoms with E-state index < -0.39 is 16.6 Å². The van der Waals surface area contributed by atoms with Gasteiger partial charge in [0, 0.05) is 6.07 Å². The van der Waals surface area contributed by atoms with Gasteiger partial charge in [-0.1, -0.05) is 23.7 Å². The molecule has 0 aliphatic heterocycles. The van der Waals surface area contributed by atoms with Crippen molar-refractivity contribution in [2.24, 2.45) is 0 Å². The molecule has 1 aromatic heterocycles. The van der Waals surface area contributed by atoms with E-state index in [0.717, 1.165) is 6.07 Å². The molecule has 30 heavy (non-hydrogen) atoms. The number of nitro benzene ring substituents is 1. The van der Waals surface area contributed by atoms with Gasteiger partial charge in [0.05, 0.1) is 23.3 Å². The van der Waals surface area contributed by atoms with Crippen LogP contribution in [0.25, 0.3) is 0 Å². The zero-order chi connectivity index (χ0) is 21.7. The Morgan fingerprint density at radius 2 is 2.00 bits per heavy atom. The van der Waals surface area contributed by atoms with E-state index in [-0.39, 0.29) is 34.9 Å². The number of nitrogen functional groups attached to an aromatic ring is 1. The van der Waals surface area contributed by atoms with Gasteiger partial charge in [-0.25, -0.2) is 4.79 Å². The number of ether oxygens (including phenoxy) is 2. The number of rotatable bonds is 7. The molecule has 12 heteroatoms. The van der Waals surface area contributed by atoms with E-state index in [0.29, 0.717) is 11.4 Å². The second-order valence-corrected chi connectivity index (χ2v) is 6.17. The monoisotopic (exact) mass is 430 g/mol. The van der Waals surface area contributed by atoms with Crippen LogP contribution in [0.1, 0.15) is 16.2 Å². The Labute approximate surface area is 175 Å². The molecule has 0 radical (unpaired) electrons. The van der Waals surface area contributed by atoms with Crippen molar-refractivity contribution in [1.82, 2.24) is 15.0 Å². The molecule has 11 nitrogen and oxygen atoms in total. The molecule has 2 aromatic carbocycles. The second kappa shape index (κ2) is 9.01. The molecule has 0 saturated heterocycles. The van der Waals surface area contributed by atoms with Crippen LogP contribution in [0.5, 0.6) is 5.75 Å². The van der Waals surface area contributed by atoms with Crippen molar-refractivity contribution in [2.45, 2.75) is 6.61 Å². The fourth-order valence-electron chi connectivity index (χ4n) is 2.42. The van der Waals surface area contributed by atoms with Gasteiger partial charge in [-0.3, -0.25) is 10.1 Å². The summed E-state index contributed by atoms with van der Waals surface area (Å²) in [7, 11) is 1.52. The van der Waals surface area contributed by atoms with E-state index >= 15 is 0 Å². The molecule has 3 rings (SSSR count). The highest BCUT2D eigenvalue weighted by Gasteiger charge is 2.18. The highest BCUT2D eigenvalue weighted by Crippen LogP contribution is 2.26. The number of nitrogens with two attached hydrogens (primary N) is 1. The highest BCUT2D eigenvalue weighted by atomic mass is 35.5. The van der Waals surface area contributed by atoms with E-state index in [1.165, 1.54) is 19.2 Å². The number of anilines is 3. The average molecular weight is 431 g/mol. The molecule has 3 aromatic rings. The van der Waals surface area contributed by atoms with Crippen LogP contribution in [0.4, 0.5) is 23.3 Å². The minimum Gasteiger partial charge on any atom is -0.495 e. The number of carbonyl (C=O) groups excluding carboxylic acids is 1. The summed E-state index contributed by atoms with van der Waals surface area (Å²) in [5.74, 6) is -0.130.